The summed E-state index contributed by atoms with van der Waals surface area (Å²) in [6.45, 7) is -0.216. The van der Waals surface area contributed by atoms with Crippen molar-refractivity contribution in [2.45, 2.75) is 17.6 Å². The Morgan fingerprint density at radius 3 is 2.43 bits per heavy atom. The number of sulfonamides is 1. The fourth-order valence-corrected chi connectivity index (χ4v) is 4.75. The predicted molar refractivity (Wildman–Crippen MR) is 107 cm³/mol. The number of carbonyl (C=O) groups excluding carboxylic acids is 1. The zero-order chi connectivity index (χ0) is 21.9. The Balaban J connectivity index is 1.86. The smallest absolute Gasteiger partial charge is 0.348 e. The third-order valence-electron chi connectivity index (χ3n) is 3.83. The lowest BCUT2D eigenvalue weighted by atomic mass is 10.1. The monoisotopic (exact) mass is 475 g/mol. The zero-order valence-electron chi connectivity index (χ0n) is 14.9. The molecule has 0 radical (unpaired) electrons. The van der Waals surface area contributed by atoms with E-state index in [1.807, 2.05) is 4.72 Å². The number of anilines is 1. The van der Waals surface area contributed by atoms with E-state index in [4.69, 9.17) is 11.6 Å². The quantitative estimate of drug-likeness (QED) is 0.547. The van der Waals surface area contributed by atoms with Gasteiger partial charge in [-0.25, -0.2) is 13.4 Å². The summed E-state index contributed by atoms with van der Waals surface area (Å²) in [5.74, 6) is -0.469. The normalized spacial score (nSPS) is 11.9. The lowest BCUT2D eigenvalue weighted by molar-refractivity contribution is -0.139. The summed E-state index contributed by atoms with van der Waals surface area (Å²) in [4.78, 5) is 14.8. The van der Waals surface area contributed by atoms with Crippen molar-refractivity contribution in [3.05, 3.63) is 75.8 Å². The van der Waals surface area contributed by atoms with Crippen LogP contribution in [-0.2, 0) is 22.7 Å². The number of hydrogen-bond acceptors (Lipinski definition) is 5. The molecule has 3 aromatic rings. The second-order valence-corrected chi connectivity index (χ2v) is 9.26. The lowest BCUT2D eigenvalue weighted by Gasteiger charge is -2.15. The molecule has 1 heterocycles. The van der Waals surface area contributed by atoms with Crippen LogP contribution in [0.3, 0.4) is 0 Å². The fourth-order valence-electron chi connectivity index (χ4n) is 2.49. The van der Waals surface area contributed by atoms with Gasteiger partial charge in [-0.15, -0.1) is 0 Å². The van der Waals surface area contributed by atoms with Crippen LogP contribution in [0.1, 0.15) is 21.5 Å². The van der Waals surface area contributed by atoms with Crippen molar-refractivity contribution in [2.75, 3.05) is 4.72 Å². The molecule has 0 aliphatic rings. The van der Waals surface area contributed by atoms with Crippen molar-refractivity contribution in [3.63, 3.8) is 0 Å². The molecule has 2 aromatic carbocycles. The minimum atomic E-state index is -4.94. The van der Waals surface area contributed by atoms with Gasteiger partial charge >= 0.3 is 6.18 Å². The van der Waals surface area contributed by atoms with Crippen LogP contribution in [0.5, 0.6) is 0 Å². The average Bonchev–Trinajstić information content (AvgIpc) is 3.09. The number of halogens is 4. The summed E-state index contributed by atoms with van der Waals surface area (Å²) in [5.41, 5.74) is -0.925. The van der Waals surface area contributed by atoms with Gasteiger partial charge in [0.05, 0.1) is 16.7 Å². The highest BCUT2D eigenvalue weighted by molar-refractivity contribution is 7.93. The maximum atomic E-state index is 13.6. The van der Waals surface area contributed by atoms with E-state index in [1.54, 1.807) is 30.3 Å². The minimum absolute atomic E-state index is 0.0860. The SMILES string of the molecule is O=C(NCc1ccc(S(=O)(=O)Nc2ncc(Cl)s2)c(C(F)(F)F)c1)c1ccccc1. The van der Waals surface area contributed by atoms with Gasteiger partial charge in [0.1, 0.15) is 4.34 Å². The number of rotatable bonds is 6. The first kappa shape index (κ1) is 22.1. The first-order valence-corrected chi connectivity index (χ1v) is 10.9. The van der Waals surface area contributed by atoms with Gasteiger partial charge in [-0.1, -0.05) is 47.2 Å². The van der Waals surface area contributed by atoms with Gasteiger partial charge < -0.3 is 5.32 Å². The third kappa shape index (κ3) is 5.29. The number of hydrogen-bond donors (Lipinski definition) is 2. The van der Waals surface area contributed by atoms with Crippen LogP contribution < -0.4 is 10.0 Å². The molecule has 0 spiro atoms. The predicted octanol–water partition coefficient (Wildman–Crippen LogP) is 4.55. The van der Waals surface area contributed by atoms with Gasteiger partial charge in [-0.2, -0.15) is 13.2 Å². The largest absolute Gasteiger partial charge is 0.417 e. The summed E-state index contributed by atoms with van der Waals surface area (Å²) in [6, 6.07) is 10.9. The molecule has 0 atom stereocenters. The maximum Gasteiger partial charge on any atom is 0.417 e. The number of thiazole rings is 1. The van der Waals surface area contributed by atoms with E-state index in [0.29, 0.717) is 11.6 Å². The Hall–Kier alpha value is -2.63. The molecule has 0 bridgehead atoms. The van der Waals surface area contributed by atoms with Gasteiger partial charge in [0.25, 0.3) is 15.9 Å². The first-order chi connectivity index (χ1) is 14.1. The van der Waals surface area contributed by atoms with E-state index >= 15 is 0 Å². The second kappa shape index (κ2) is 8.62. The molecule has 0 saturated carbocycles. The maximum absolute atomic E-state index is 13.6. The van der Waals surface area contributed by atoms with E-state index in [0.717, 1.165) is 17.4 Å². The van der Waals surface area contributed by atoms with E-state index in [-0.39, 0.29) is 21.6 Å². The van der Waals surface area contributed by atoms with Gasteiger partial charge in [-0.3, -0.25) is 9.52 Å². The molecule has 0 unspecified atom stereocenters. The highest BCUT2D eigenvalue weighted by atomic mass is 35.5. The van der Waals surface area contributed by atoms with Gasteiger partial charge in [0, 0.05) is 12.1 Å². The molecule has 0 saturated heterocycles. The van der Waals surface area contributed by atoms with Crippen LogP contribution in [0.15, 0.2) is 59.6 Å². The summed E-state index contributed by atoms with van der Waals surface area (Å²) in [5, 5.41) is 2.34. The number of alkyl halides is 3. The molecule has 1 amide bonds. The number of aromatic nitrogens is 1. The van der Waals surface area contributed by atoms with Crippen LogP contribution in [0.25, 0.3) is 0 Å². The summed E-state index contributed by atoms with van der Waals surface area (Å²) >= 11 is 6.44. The van der Waals surface area contributed by atoms with Crippen LogP contribution in [-0.4, -0.2) is 19.3 Å². The molecule has 0 aliphatic carbocycles. The van der Waals surface area contributed by atoms with Gasteiger partial charge in [0.2, 0.25) is 0 Å². The Bertz CT molecular complexity index is 1170. The average molecular weight is 476 g/mol. The van der Waals surface area contributed by atoms with Crippen LogP contribution in [0.2, 0.25) is 4.34 Å². The number of nitrogens with one attached hydrogen (secondary N) is 2. The summed E-state index contributed by atoms with van der Waals surface area (Å²) in [6.07, 6.45) is -3.77. The van der Waals surface area contributed by atoms with E-state index < -0.39 is 32.6 Å². The molecule has 0 aliphatic heterocycles. The van der Waals surface area contributed by atoms with Crippen LogP contribution >= 0.6 is 22.9 Å². The van der Waals surface area contributed by atoms with Crippen molar-refractivity contribution in [3.8, 4) is 0 Å². The van der Waals surface area contributed by atoms with Crippen molar-refractivity contribution < 1.29 is 26.4 Å². The van der Waals surface area contributed by atoms with Crippen molar-refractivity contribution in [1.82, 2.24) is 10.3 Å². The third-order valence-corrected chi connectivity index (χ3v) is 6.38. The lowest BCUT2D eigenvalue weighted by Crippen LogP contribution is -2.24. The zero-order valence-corrected chi connectivity index (χ0v) is 17.3. The minimum Gasteiger partial charge on any atom is -0.348 e. The number of benzene rings is 2. The topological polar surface area (TPSA) is 88.2 Å². The Morgan fingerprint density at radius 1 is 1.13 bits per heavy atom. The van der Waals surface area contributed by atoms with E-state index in [9.17, 15) is 26.4 Å². The summed E-state index contributed by atoms with van der Waals surface area (Å²) in [7, 11) is -4.57. The highest BCUT2D eigenvalue weighted by Crippen LogP contribution is 2.36. The van der Waals surface area contributed by atoms with Crippen molar-refractivity contribution in [1.29, 1.82) is 0 Å². The molecule has 30 heavy (non-hydrogen) atoms. The Labute approximate surface area is 178 Å². The summed E-state index contributed by atoms with van der Waals surface area (Å²) < 4.78 is 67.8. The molecule has 0 fully saturated rings. The number of amides is 1. The van der Waals surface area contributed by atoms with E-state index in [2.05, 4.69) is 10.3 Å². The fraction of sp³-hybridized carbons (Fsp3) is 0.111. The molecule has 12 heteroatoms. The molecule has 2 N–H and O–H groups in total. The van der Waals surface area contributed by atoms with E-state index in [1.165, 1.54) is 12.3 Å². The number of nitrogens with zero attached hydrogens (tertiary/aromatic N) is 1. The standard InChI is InChI=1S/C18H13ClF3N3O3S2/c19-15-10-24-17(29-15)25-30(27,28)14-7-6-11(8-13(14)18(20,21)22)9-23-16(26)12-4-2-1-3-5-12/h1-8,10H,9H2,(H,23,26)(H,24,25). The molecule has 3 rings (SSSR count). The van der Waals surface area contributed by atoms with Crippen LogP contribution in [0.4, 0.5) is 18.3 Å². The van der Waals surface area contributed by atoms with Crippen molar-refractivity contribution in [2.24, 2.45) is 0 Å². The first-order valence-electron chi connectivity index (χ1n) is 8.24. The highest BCUT2D eigenvalue weighted by Gasteiger charge is 2.37. The van der Waals surface area contributed by atoms with Gasteiger partial charge in [-0.05, 0) is 29.8 Å². The second-order valence-electron chi connectivity index (χ2n) is 5.95. The molecule has 1 aromatic heterocycles. The van der Waals surface area contributed by atoms with Gasteiger partial charge in [0.15, 0.2) is 5.13 Å². The molecular weight excluding hydrogens is 463 g/mol. The molecule has 6 nitrogen and oxygen atoms in total. The van der Waals surface area contributed by atoms with Crippen LogP contribution in [0, 0.1) is 0 Å². The number of carbonyl (C=O) groups is 1. The Kier molecular flexibility index (Phi) is 6.34. The molecular formula is C18H13ClF3N3O3S2. The van der Waals surface area contributed by atoms with Crippen molar-refractivity contribution >= 4 is 44.0 Å². The molecule has 158 valence electrons. The Morgan fingerprint density at radius 2 is 1.83 bits per heavy atom.